The second kappa shape index (κ2) is 9.31. The summed E-state index contributed by atoms with van der Waals surface area (Å²) in [6.45, 7) is 7.93. The second-order valence-corrected chi connectivity index (χ2v) is 9.14. The Kier molecular flexibility index (Phi) is 6.09. The molecule has 1 aliphatic heterocycles. The van der Waals surface area contributed by atoms with Crippen molar-refractivity contribution in [3.63, 3.8) is 0 Å². The van der Waals surface area contributed by atoms with Gasteiger partial charge in [-0.2, -0.15) is 4.98 Å². The van der Waals surface area contributed by atoms with E-state index in [9.17, 15) is 4.79 Å². The number of ketones is 1. The number of rotatable bonds is 6. The number of aromatic nitrogens is 4. The summed E-state index contributed by atoms with van der Waals surface area (Å²) in [5.41, 5.74) is 3.76. The van der Waals surface area contributed by atoms with Crippen LogP contribution in [0.25, 0.3) is 11.2 Å². The molecule has 1 saturated carbocycles. The van der Waals surface area contributed by atoms with Crippen molar-refractivity contribution in [3.05, 3.63) is 49.4 Å². The summed E-state index contributed by atoms with van der Waals surface area (Å²) in [6.07, 6.45) is 8.82. The van der Waals surface area contributed by atoms with Crippen molar-refractivity contribution in [1.82, 2.24) is 24.4 Å². The molecule has 3 aromatic rings. The third kappa shape index (κ3) is 4.61. The SMILES string of the molecule is C=CC(=O)C1CCCC(n2cnc3cnc(Nc4ccc(N5CCN(C)CC5)cc4)nc32)C1. The zero-order chi connectivity index (χ0) is 22.8. The van der Waals surface area contributed by atoms with Crippen molar-refractivity contribution in [2.45, 2.75) is 31.7 Å². The molecule has 1 saturated heterocycles. The fourth-order valence-corrected chi connectivity index (χ4v) is 4.95. The Hall–Kier alpha value is -3.26. The van der Waals surface area contributed by atoms with Crippen LogP contribution in [0, 0.1) is 5.92 Å². The van der Waals surface area contributed by atoms with Gasteiger partial charge in [0.1, 0.15) is 5.52 Å². The molecule has 0 bridgehead atoms. The highest BCUT2D eigenvalue weighted by Gasteiger charge is 2.28. The van der Waals surface area contributed by atoms with Crippen molar-refractivity contribution in [1.29, 1.82) is 0 Å². The summed E-state index contributed by atoms with van der Waals surface area (Å²) in [4.78, 5) is 30.7. The summed E-state index contributed by atoms with van der Waals surface area (Å²) >= 11 is 0. The van der Waals surface area contributed by atoms with Crippen molar-refractivity contribution in [3.8, 4) is 0 Å². The van der Waals surface area contributed by atoms with Gasteiger partial charge < -0.3 is 19.7 Å². The van der Waals surface area contributed by atoms with Crippen LogP contribution in [0.5, 0.6) is 0 Å². The molecule has 5 rings (SSSR count). The first kappa shape index (κ1) is 21.6. The van der Waals surface area contributed by atoms with Crippen LogP contribution in [0.15, 0.2) is 49.4 Å². The summed E-state index contributed by atoms with van der Waals surface area (Å²) < 4.78 is 2.11. The third-order valence-electron chi connectivity index (χ3n) is 6.95. The largest absolute Gasteiger partial charge is 0.369 e. The minimum Gasteiger partial charge on any atom is -0.369 e. The molecule has 3 heterocycles. The van der Waals surface area contributed by atoms with Gasteiger partial charge in [-0.25, -0.2) is 9.97 Å². The minimum absolute atomic E-state index is 0.0388. The van der Waals surface area contributed by atoms with Gasteiger partial charge in [0.05, 0.1) is 12.5 Å². The van der Waals surface area contributed by atoms with Gasteiger partial charge >= 0.3 is 0 Å². The van der Waals surface area contributed by atoms with E-state index < -0.39 is 0 Å². The molecule has 2 fully saturated rings. The van der Waals surface area contributed by atoms with Crippen molar-refractivity contribution >= 4 is 34.3 Å². The lowest BCUT2D eigenvalue weighted by Gasteiger charge is -2.34. The van der Waals surface area contributed by atoms with Crippen LogP contribution in [0.4, 0.5) is 17.3 Å². The molecule has 1 aromatic carbocycles. The Morgan fingerprint density at radius 2 is 1.91 bits per heavy atom. The van der Waals surface area contributed by atoms with Crippen LogP contribution in [-0.2, 0) is 4.79 Å². The topological polar surface area (TPSA) is 79.2 Å². The maximum atomic E-state index is 12.2. The minimum atomic E-state index is 0.0388. The molecular formula is C25H31N7O. The number of hydrogen-bond acceptors (Lipinski definition) is 7. The van der Waals surface area contributed by atoms with Crippen LogP contribution >= 0.6 is 0 Å². The maximum absolute atomic E-state index is 12.2. The van der Waals surface area contributed by atoms with E-state index in [-0.39, 0.29) is 17.7 Å². The zero-order valence-corrected chi connectivity index (χ0v) is 19.2. The highest BCUT2D eigenvalue weighted by Crippen LogP contribution is 2.35. The zero-order valence-electron chi connectivity index (χ0n) is 19.2. The smallest absolute Gasteiger partial charge is 0.229 e. The molecule has 8 heteroatoms. The molecular weight excluding hydrogens is 414 g/mol. The van der Waals surface area contributed by atoms with Gasteiger partial charge in [-0.1, -0.05) is 13.0 Å². The molecule has 1 aliphatic carbocycles. The lowest BCUT2D eigenvalue weighted by molar-refractivity contribution is -0.119. The molecule has 2 aliphatic rings. The lowest BCUT2D eigenvalue weighted by atomic mass is 9.83. The standard InChI is InChI=1S/C25H31N7O/c1-3-23(33)18-5-4-6-21(15-18)32-17-27-22-16-26-25(29-24(22)32)28-19-7-9-20(10-8-19)31-13-11-30(2)12-14-31/h3,7-10,16-18,21H,1,4-6,11-15H2,2H3,(H,26,28,29). The number of allylic oxidation sites excluding steroid dienone is 1. The number of hydrogen-bond donors (Lipinski definition) is 1. The lowest BCUT2D eigenvalue weighted by Crippen LogP contribution is -2.44. The van der Waals surface area contributed by atoms with E-state index in [2.05, 4.69) is 67.5 Å². The Bertz CT molecular complexity index is 1130. The predicted molar refractivity (Wildman–Crippen MR) is 131 cm³/mol. The normalized spacial score (nSPS) is 21.8. The van der Waals surface area contributed by atoms with Crippen LogP contribution < -0.4 is 10.2 Å². The molecule has 172 valence electrons. The van der Waals surface area contributed by atoms with E-state index in [1.54, 1.807) is 6.20 Å². The van der Waals surface area contributed by atoms with Gasteiger partial charge in [0.15, 0.2) is 11.4 Å². The maximum Gasteiger partial charge on any atom is 0.229 e. The molecule has 1 N–H and O–H groups in total. The molecule has 2 aromatic heterocycles. The molecule has 8 nitrogen and oxygen atoms in total. The highest BCUT2D eigenvalue weighted by molar-refractivity contribution is 5.91. The summed E-state index contributed by atoms with van der Waals surface area (Å²) in [6, 6.07) is 8.66. The van der Waals surface area contributed by atoms with E-state index >= 15 is 0 Å². The first-order chi connectivity index (χ1) is 16.1. The fourth-order valence-electron chi connectivity index (χ4n) is 4.95. The average molecular weight is 446 g/mol. The van der Waals surface area contributed by atoms with Gasteiger partial charge in [0.25, 0.3) is 0 Å². The molecule has 2 atom stereocenters. The Labute approximate surface area is 194 Å². The molecule has 33 heavy (non-hydrogen) atoms. The fraction of sp³-hybridized carbons (Fsp3) is 0.440. The van der Waals surface area contributed by atoms with E-state index in [0.717, 1.165) is 68.7 Å². The van der Waals surface area contributed by atoms with Gasteiger partial charge in [-0.05, 0) is 56.7 Å². The summed E-state index contributed by atoms with van der Waals surface area (Å²) in [5, 5.41) is 3.33. The van der Waals surface area contributed by atoms with Gasteiger partial charge in [0, 0.05) is 49.5 Å². The number of nitrogens with one attached hydrogen (secondary N) is 1. The van der Waals surface area contributed by atoms with E-state index in [1.807, 2.05) is 6.33 Å². The third-order valence-corrected chi connectivity index (χ3v) is 6.95. The number of carbonyl (C=O) groups is 1. The number of nitrogens with zero attached hydrogens (tertiary/aromatic N) is 6. The Balaban J connectivity index is 1.31. The number of anilines is 3. The monoisotopic (exact) mass is 445 g/mol. The van der Waals surface area contributed by atoms with Gasteiger partial charge in [-0.15, -0.1) is 0 Å². The Morgan fingerprint density at radius 3 is 2.67 bits per heavy atom. The molecule has 0 amide bonds. The number of imidazole rings is 1. The van der Waals surface area contributed by atoms with Gasteiger partial charge in [0.2, 0.25) is 5.95 Å². The van der Waals surface area contributed by atoms with Gasteiger partial charge in [-0.3, -0.25) is 4.79 Å². The van der Waals surface area contributed by atoms with Crippen LogP contribution in [0.2, 0.25) is 0 Å². The van der Waals surface area contributed by atoms with E-state index in [1.165, 1.54) is 11.8 Å². The van der Waals surface area contributed by atoms with E-state index in [4.69, 9.17) is 4.98 Å². The number of fused-ring (bicyclic) bond motifs is 1. The highest BCUT2D eigenvalue weighted by atomic mass is 16.1. The van der Waals surface area contributed by atoms with Crippen LogP contribution in [0.1, 0.15) is 31.7 Å². The van der Waals surface area contributed by atoms with Crippen LogP contribution in [0.3, 0.4) is 0 Å². The number of benzene rings is 1. The quantitative estimate of drug-likeness (QED) is 0.578. The van der Waals surface area contributed by atoms with Crippen LogP contribution in [-0.4, -0.2) is 63.4 Å². The molecule has 2 unspecified atom stereocenters. The first-order valence-corrected chi connectivity index (χ1v) is 11.8. The summed E-state index contributed by atoms with van der Waals surface area (Å²) in [5.74, 6) is 0.726. The van der Waals surface area contributed by atoms with Crippen molar-refractivity contribution < 1.29 is 4.79 Å². The van der Waals surface area contributed by atoms with E-state index in [0.29, 0.717) is 5.95 Å². The number of carbonyl (C=O) groups excluding carboxylic acids is 1. The Morgan fingerprint density at radius 1 is 1.12 bits per heavy atom. The van der Waals surface area contributed by atoms with Crippen molar-refractivity contribution in [2.24, 2.45) is 5.92 Å². The number of piperazine rings is 1. The molecule has 0 radical (unpaired) electrons. The summed E-state index contributed by atoms with van der Waals surface area (Å²) in [7, 11) is 2.17. The second-order valence-electron chi connectivity index (χ2n) is 9.14. The van der Waals surface area contributed by atoms with Crippen molar-refractivity contribution in [2.75, 3.05) is 43.4 Å². The number of likely N-dealkylation sites (N-methyl/N-ethyl adjacent to an activating group) is 1. The molecule has 0 spiro atoms. The first-order valence-electron chi connectivity index (χ1n) is 11.8. The average Bonchev–Trinajstić information content (AvgIpc) is 3.28. The predicted octanol–water partition coefficient (Wildman–Crippen LogP) is 3.81.